The predicted octanol–water partition coefficient (Wildman–Crippen LogP) is 5.32. The van der Waals surface area contributed by atoms with Crippen molar-refractivity contribution in [3.05, 3.63) is 63.6 Å². The highest BCUT2D eigenvalue weighted by Crippen LogP contribution is 2.30. The van der Waals surface area contributed by atoms with Crippen LogP contribution in [0.3, 0.4) is 0 Å². The summed E-state index contributed by atoms with van der Waals surface area (Å²) in [5, 5.41) is 3.59. The number of carbonyl (C=O) groups is 2. The molecular weight excluding hydrogens is 533 g/mol. The summed E-state index contributed by atoms with van der Waals surface area (Å²) in [6.07, 6.45) is 6.55. The smallest absolute Gasteiger partial charge is 0.244 e. The number of aryl methyl sites for hydroxylation is 1. The van der Waals surface area contributed by atoms with Crippen molar-refractivity contribution < 1.29 is 18.0 Å². The SMILES string of the molecule is CCC(C(=O)NC1CCCCC1)N(Cc1cccc(C)c1)C(=O)CN(c1ccc(Cl)cc1Cl)S(C)(=O)=O. The fourth-order valence-corrected chi connectivity index (χ4v) is 6.17. The number of carbonyl (C=O) groups excluding carboxylic acids is 2. The summed E-state index contributed by atoms with van der Waals surface area (Å²) in [4.78, 5) is 28.7. The Balaban J connectivity index is 1.93. The van der Waals surface area contributed by atoms with Crippen molar-refractivity contribution in [2.45, 2.75) is 71.0 Å². The molecule has 2 amide bonds. The number of nitrogens with zero attached hydrogens (tertiary/aromatic N) is 2. The molecule has 2 aromatic rings. The van der Waals surface area contributed by atoms with Gasteiger partial charge in [-0.3, -0.25) is 13.9 Å². The highest BCUT2D eigenvalue weighted by molar-refractivity contribution is 7.92. The van der Waals surface area contributed by atoms with E-state index >= 15 is 0 Å². The molecule has 0 bridgehead atoms. The summed E-state index contributed by atoms with van der Waals surface area (Å²) >= 11 is 12.3. The monoisotopic (exact) mass is 567 g/mol. The first-order valence-corrected chi connectivity index (χ1v) is 15.2. The Labute approximate surface area is 230 Å². The van der Waals surface area contributed by atoms with Gasteiger partial charge in [0.25, 0.3) is 0 Å². The number of nitrogens with one attached hydrogen (secondary N) is 1. The van der Waals surface area contributed by atoms with Crippen molar-refractivity contribution in [1.29, 1.82) is 0 Å². The second kappa shape index (κ2) is 13.0. The Bertz CT molecular complexity index is 1220. The molecule has 1 saturated carbocycles. The van der Waals surface area contributed by atoms with Gasteiger partial charge in [-0.1, -0.05) is 79.2 Å². The van der Waals surface area contributed by atoms with Crippen LogP contribution in [0.25, 0.3) is 0 Å². The van der Waals surface area contributed by atoms with Crippen molar-refractivity contribution in [3.63, 3.8) is 0 Å². The molecule has 7 nitrogen and oxygen atoms in total. The minimum atomic E-state index is -3.88. The molecule has 0 spiro atoms. The maximum atomic E-state index is 13.8. The van der Waals surface area contributed by atoms with Crippen molar-refractivity contribution in [2.75, 3.05) is 17.1 Å². The van der Waals surface area contributed by atoms with Crippen LogP contribution in [-0.2, 0) is 26.2 Å². The largest absolute Gasteiger partial charge is 0.352 e. The second-order valence-corrected chi connectivity index (χ2v) is 12.4. The van der Waals surface area contributed by atoms with Gasteiger partial charge in [0.05, 0.1) is 17.0 Å². The lowest BCUT2D eigenvalue weighted by atomic mass is 9.95. The molecule has 3 rings (SSSR count). The van der Waals surface area contributed by atoms with Crippen LogP contribution in [0.2, 0.25) is 10.0 Å². The molecule has 1 aliphatic rings. The number of anilines is 1. The standard InChI is InChI=1S/C27H35Cl2N3O4S/c1-4-24(27(34)30-22-11-6-5-7-12-22)31(17-20-10-8-9-19(2)15-20)26(33)18-32(37(3,35)36)25-14-13-21(28)16-23(25)29/h8-10,13-16,22,24H,4-7,11-12,17-18H2,1-3H3,(H,30,34). The van der Waals surface area contributed by atoms with E-state index in [9.17, 15) is 18.0 Å². The highest BCUT2D eigenvalue weighted by atomic mass is 35.5. The van der Waals surface area contributed by atoms with E-state index in [1.165, 1.54) is 23.1 Å². The molecule has 1 unspecified atom stereocenters. The minimum absolute atomic E-state index is 0.0895. The van der Waals surface area contributed by atoms with Gasteiger partial charge in [-0.25, -0.2) is 8.42 Å². The molecule has 0 saturated heterocycles. The maximum Gasteiger partial charge on any atom is 0.244 e. The summed E-state index contributed by atoms with van der Waals surface area (Å²) < 4.78 is 26.5. The normalized spacial score (nSPS) is 15.2. The van der Waals surface area contributed by atoms with Crippen molar-refractivity contribution in [2.24, 2.45) is 0 Å². The number of amides is 2. The van der Waals surface area contributed by atoms with Gasteiger partial charge in [0.1, 0.15) is 12.6 Å². The molecule has 10 heteroatoms. The topological polar surface area (TPSA) is 86.8 Å². The van der Waals surface area contributed by atoms with Gasteiger partial charge in [-0.2, -0.15) is 0 Å². The summed E-state index contributed by atoms with van der Waals surface area (Å²) in [5.74, 6) is -0.713. The molecule has 0 aliphatic heterocycles. The van der Waals surface area contributed by atoms with Crippen molar-refractivity contribution in [3.8, 4) is 0 Å². The Hall–Kier alpha value is -2.29. The van der Waals surface area contributed by atoms with E-state index in [0.29, 0.717) is 11.4 Å². The third-order valence-electron chi connectivity index (χ3n) is 6.63. The zero-order chi connectivity index (χ0) is 27.2. The van der Waals surface area contributed by atoms with Crippen LogP contribution in [-0.4, -0.2) is 50.0 Å². The van der Waals surface area contributed by atoms with E-state index in [2.05, 4.69) is 5.32 Å². The lowest BCUT2D eigenvalue weighted by Gasteiger charge is -2.34. The average molecular weight is 569 g/mol. The van der Waals surface area contributed by atoms with Gasteiger partial charge in [-0.05, 0) is 49.9 Å². The third-order valence-corrected chi connectivity index (χ3v) is 8.29. The highest BCUT2D eigenvalue weighted by Gasteiger charge is 2.33. The van der Waals surface area contributed by atoms with Crippen molar-refractivity contribution in [1.82, 2.24) is 10.2 Å². The van der Waals surface area contributed by atoms with Crippen LogP contribution >= 0.6 is 23.2 Å². The molecule has 0 radical (unpaired) electrons. The second-order valence-electron chi connectivity index (χ2n) is 9.64. The molecule has 0 heterocycles. The average Bonchev–Trinajstić information content (AvgIpc) is 2.83. The van der Waals surface area contributed by atoms with Crippen LogP contribution < -0.4 is 9.62 Å². The van der Waals surface area contributed by atoms with Crippen LogP contribution in [0.15, 0.2) is 42.5 Å². The van der Waals surface area contributed by atoms with Gasteiger partial charge in [-0.15, -0.1) is 0 Å². The van der Waals surface area contributed by atoms with E-state index in [1.54, 1.807) is 0 Å². The fourth-order valence-electron chi connectivity index (χ4n) is 4.75. The van der Waals surface area contributed by atoms with Gasteiger partial charge >= 0.3 is 0 Å². The molecule has 1 fully saturated rings. The van der Waals surface area contributed by atoms with Gasteiger partial charge in [0.15, 0.2) is 0 Å². The molecule has 1 aliphatic carbocycles. The Morgan fingerprint density at radius 1 is 1.08 bits per heavy atom. The van der Waals surface area contributed by atoms with Crippen LogP contribution in [0.4, 0.5) is 5.69 Å². The Morgan fingerprint density at radius 3 is 2.38 bits per heavy atom. The molecule has 37 heavy (non-hydrogen) atoms. The van der Waals surface area contributed by atoms with Crippen LogP contribution in [0.5, 0.6) is 0 Å². The number of benzene rings is 2. The summed E-state index contributed by atoms with van der Waals surface area (Å²) in [6, 6.07) is 11.4. The number of sulfonamides is 1. The lowest BCUT2D eigenvalue weighted by molar-refractivity contribution is -0.140. The number of rotatable bonds is 10. The fraction of sp³-hybridized carbons (Fsp3) is 0.481. The van der Waals surface area contributed by atoms with Gasteiger partial charge in [0.2, 0.25) is 21.8 Å². The van der Waals surface area contributed by atoms with E-state index < -0.39 is 28.5 Å². The minimum Gasteiger partial charge on any atom is -0.352 e. The molecule has 0 aromatic heterocycles. The summed E-state index contributed by atoms with van der Waals surface area (Å²) in [5.41, 5.74) is 2.03. The molecule has 202 valence electrons. The van der Waals surface area contributed by atoms with E-state index in [1.807, 2.05) is 38.1 Å². The third kappa shape index (κ3) is 8.09. The van der Waals surface area contributed by atoms with E-state index in [-0.39, 0.29) is 29.2 Å². The Kier molecular flexibility index (Phi) is 10.3. The quantitative estimate of drug-likeness (QED) is 0.420. The van der Waals surface area contributed by atoms with Crippen LogP contribution in [0.1, 0.15) is 56.6 Å². The maximum absolute atomic E-state index is 13.8. The molecule has 2 aromatic carbocycles. The molecule has 1 atom stereocenters. The predicted molar refractivity (Wildman–Crippen MR) is 149 cm³/mol. The van der Waals surface area contributed by atoms with Gasteiger partial charge < -0.3 is 10.2 Å². The van der Waals surface area contributed by atoms with Gasteiger partial charge in [0, 0.05) is 17.6 Å². The molecular formula is C27H35Cl2N3O4S. The van der Waals surface area contributed by atoms with Crippen LogP contribution in [0, 0.1) is 6.92 Å². The number of hydrogen-bond acceptors (Lipinski definition) is 4. The molecule has 1 N–H and O–H groups in total. The Morgan fingerprint density at radius 2 is 1.78 bits per heavy atom. The zero-order valence-corrected chi connectivity index (χ0v) is 23.9. The summed E-state index contributed by atoms with van der Waals surface area (Å²) in [7, 11) is -3.88. The van der Waals surface area contributed by atoms with Crippen molar-refractivity contribution >= 4 is 50.7 Å². The van der Waals surface area contributed by atoms with E-state index in [4.69, 9.17) is 23.2 Å². The first-order chi connectivity index (χ1) is 17.5. The van der Waals surface area contributed by atoms with E-state index in [0.717, 1.165) is 53.8 Å². The number of hydrogen-bond donors (Lipinski definition) is 1. The summed E-state index contributed by atoms with van der Waals surface area (Å²) in [6.45, 7) is 3.48. The first kappa shape index (κ1) is 29.3. The first-order valence-electron chi connectivity index (χ1n) is 12.6. The lowest BCUT2D eigenvalue weighted by Crippen LogP contribution is -2.54. The zero-order valence-electron chi connectivity index (χ0n) is 21.5. The number of halogens is 2.